The van der Waals surface area contributed by atoms with Gasteiger partial charge >= 0.3 is 5.97 Å². The average Bonchev–Trinajstić information content (AvgIpc) is 3.37. The van der Waals surface area contributed by atoms with Gasteiger partial charge in [0.05, 0.1) is 5.56 Å². The summed E-state index contributed by atoms with van der Waals surface area (Å²) in [7, 11) is 0. The molecule has 2 unspecified atom stereocenters. The Hall–Kier alpha value is -2.35. The van der Waals surface area contributed by atoms with E-state index in [1.807, 2.05) is 12.1 Å². The minimum atomic E-state index is -0.861. The van der Waals surface area contributed by atoms with Gasteiger partial charge in [0, 0.05) is 5.41 Å². The quantitative estimate of drug-likeness (QED) is 0.520. The minimum absolute atomic E-state index is 0.258. The number of hydrogen-bond donors (Lipinski definition) is 1. The molecule has 0 bridgehead atoms. The number of carboxylic acid groups (broad SMARTS) is 1. The molecule has 2 heteroatoms. The maximum Gasteiger partial charge on any atom is 0.335 e. The van der Waals surface area contributed by atoms with Crippen LogP contribution in [-0.4, -0.2) is 11.1 Å². The molecule has 3 aliphatic rings. The number of aromatic carboxylic acids is 1. The maximum absolute atomic E-state index is 11.1. The molecule has 0 heterocycles. The molecule has 0 spiro atoms. The molecule has 0 amide bonds. The van der Waals surface area contributed by atoms with E-state index in [1.54, 1.807) is 34.4 Å². The third-order valence-electron chi connectivity index (χ3n) is 8.92. The van der Waals surface area contributed by atoms with Crippen molar-refractivity contribution in [2.24, 2.45) is 5.92 Å². The summed E-state index contributed by atoms with van der Waals surface area (Å²) in [6, 6.07) is 12.5. The molecule has 0 aromatic heterocycles. The smallest absolute Gasteiger partial charge is 0.335 e. The molecule has 2 saturated carbocycles. The van der Waals surface area contributed by atoms with Crippen LogP contribution in [0.5, 0.6) is 0 Å². The normalized spacial score (nSPS) is 28.3. The summed E-state index contributed by atoms with van der Waals surface area (Å²) in [5.41, 5.74) is 10.3. The molecule has 3 aliphatic carbocycles. The summed E-state index contributed by atoms with van der Waals surface area (Å²) in [6.45, 7) is 12.0. The van der Waals surface area contributed by atoms with Gasteiger partial charge in [-0.15, -0.1) is 0 Å². The van der Waals surface area contributed by atoms with Crippen molar-refractivity contribution in [3.05, 3.63) is 81.4 Å². The Balaban J connectivity index is 1.41. The van der Waals surface area contributed by atoms with Crippen molar-refractivity contribution in [3.8, 4) is 0 Å². The highest BCUT2D eigenvalue weighted by Gasteiger charge is 2.60. The first-order chi connectivity index (χ1) is 15.0. The fourth-order valence-electron chi connectivity index (χ4n) is 6.58. The molecule has 32 heavy (non-hydrogen) atoms. The summed E-state index contributed by atoms with van der Waals surface area (Å²) in [6.07, 6.45) is 9.61. The number of rotatable bonds is 4. The molecule has 2 nitrogen and oxygen atoms in total. The van der Waals surface area contributed by atoms with Crippen molar-refractivity contribution in [1.29, 1.82) is 0 Å². The topological polar surface area (TPSA) is 37.3 Å². The van der Waals surface area contributed by atoms with Crippen LogP contribution < -0.4 is 0 Å². The Morgan fingerprint density at radius 2 is 1.59 bits per heavy atom. The molecular weight excluding hydrogens is 392 g/mol. The van der Waals surface area contributed by atoms with Crippen LogP contribution >= 0.6 is 0 Å². The van der Waals surface area contributed by atoms with E-state index in [9.17, 15) is 4.79 Å². The summed E-state index contributed by atoms with van der Waals surface area (Å²) in [4.78, 5) is 11.1. The largest absolute Gasteiger partial charge is 0.478 e. The van der Waals surface area contributed by atoms with E-state index >= 15 is 0 Å². The van der Waals surface area contributed by atoms with Gasteiger partial charge in [-0.3, -0.25) is 0 Å². The maximum atomic E-state index is 11.1. The van der Waals surface area contributed by atoms with E-state index in [-0.39, 0.29) is 10.8 Å². The van der Waals surface area contributed by atoms with Gasteiger partial charge in [-0.2, -0.15) is 0 Å². The first-order valence-electron chi connectivity index (χ1n) is 12.2. The van der Waals surface area contributed by atoms with Gasteiger partial charge in [-0.1, -0.05) is 63.6 Å². The summed E-state index contributed by atoms with van der Waals surface area (Å²) < 4.78 is 0. The van der Waals surface area contributed by atoms with Crippen molar-refractivity contribution < 1.29 is 9.90 Å². The van der Waals surface area contributed by atoms with Gasteiger partial charge in [-0.05, 0) is 102 Å². The van der Waals surface area contributed by atoms with Gasteiger partial charge < -0.3 is 5.11 Å². The molecular formula is C30H36O2. The molecule has 2 aromatic rings. The van der Waals surface area contributed by atoms with Crippen LogP contribution in [-0.2, 0) is 22.7 Å². The van der Waals surface area contributed by atoms with Gasteiger partial charge in [0.15, 0.2) is 0 Å². The number of carbonyl (C=O) groups is 1. The Kier molecular flexibility index (Phi) is 4.75. The number of allylic oxidation sites excluding steroid dienone is 2. The third-order valence-corrected chi connectivity index (χ3v) is 8.92. The Morgan fingerprint density at radius 3 is 2.19 bits per heavy atom. The first kappa shape index (κ1) is 21.5. The standard InChI is InChI=1S/C30H36O2/c1-19-16-24-25(29(4,5)15-14-28(24,2)3)17-23(19)30-13-12-21(26(30)18-30)9-6-20-7-10-22(11-8-20)27(31)32/h7-11,16-17,26H,6,12-15,18H2,1-5H3,(H,31,32)/b21-9+. The lowest BCUT2D eigenvalue weighted by molar-refractivity contribution is 0.0697. The van der Waals surface area contributed by atoms with E-state index in [2.05, 4.69) is 52.8 Å². The lowest BCUT2D eigenvalue weighted by Gasteiger charge is -2.43. The summed E-state index contributed by atoms with van der Waals surface area (Å²) in [5, 5.41) is 9.10. The van der Waals surface area contributed by atoms with Crippen molar-refractivity contribution in [3.63, 3.8) is 0 Å². The van der Waals surface area contributed by atoms with Crippen LogP contribution in [0.25, 0.3) is 0 Å². The third kappa shape index (κ3) is 3.34. The fourth-order valence-corrected chi connectivity index (χ4v) is 6.58. The molecule has 2 aromatic carbocycles. The zero-order valence-electron chi connectivity index (χ0n) is 20.2. The Bertz CT molecular complexity index is 1120. The van der Waals surface area contributed by atoms with Crippen LogP contribution in [0.2, 0.25) is 0 Å². The zero-order valence-corrected chi connectivity index (χ0v) is 20.2. The number of carboxylic acids is 1. The summed E-state index contributed by atoms with van der Waals surface area (Å²) >= 11 is 0. The SMILES string of the molecule is Cc1cc2c(cc1C13CC/C(=C\Cc4ccc(C(=O)O)cc4)C1C3)C(C)(C)CCC2(C)C. The number of aryl methyl sites for hydroxylation is 1. The molecule has 2 atom stereocenters. The summed E-state index contributed by atoms with van der Waals surface area (Å²) in [5.74, 6) is -0.169. The van der Waals surface area contributed by atoms with Crippen LogP contribution in [0.4, 0.5) is 0 Å². The van der Waals surface area contributed by atoms with Crippen LogP contribution in [0, 0.1) is 12.8 Å². The van der Waals surface area contributed by atoms with E-state index < -0.39 is 5.97 Å². The molecule has 0 radical (unpaired) electrons. The molecule has 1 N–H and O–H groups in total. The van der Waals surface area contributed by atoms with E-state index in [4.69, 9.17) is 5.11 Å². The molecule has 0 saturated heterocycles. The molecule has 2 fully saturated rings. The van der Waals surface area contributed by atoms with Gasteiger partial charge in [-0.25, -0.2) is 4.79 Å². The van der Waals surface area contributed by atoms with Crippen LogP contribution in [0.3, 0.4) is 0 Å². The first-order valence-corrected chi connectivity index (χ1v) is 12.2. The van der Waals surface area contributed by atoms with Gasteiger partial charge in [0.2, 0.25) is 0 Å². The Morgan fingerprint density at radius 1 is 0.969 bits per heavy atom. The van der Waals surface area contributed by atoms with Gasteiger partial charge in [0.25, 0.3) is 0 Å². The highest BCUT2D eigenvalue weighted by molar-refractivity contribution is 5.87. The van der Waals surface area contributed by atoms with Crippen LogP contribution in [0.15, 0.2) is 48.0 Å². The molecule has 168 valence electrons. The Labute approximate surface area is 192 Å². The lowest BCUT2D eigenvalue weighted by atomic mass is 9.62. The van der Waals surface area contributed by atoms with Crippen molar-refractivity contribution in [1.82, 2.24) is 0 Å². The zero-order chi connectivity index (χ0) is 22.9. The van der Waals surface area contributed by atoms with E-state index in [0.29, 0.717) is 16.9 Å². The average molecular weight is 429 g/mol. The second-order valence-corrected chi connectivity index (χ2v) is 11.9. The number of benzene rings is 2. The number of fused-ring (bicyclic) bond motifs is 2. The van der Waals surface area contributed by atoms with Crippen molar-refractivity contribution >= 4 is 5.97 Å². The second-order valence-electron chi connectivity index (χ2n) is 11.9. The lowest BCUT2D eigenvalue weighted by Crippen LogP contribution is -2.34. The second kappa shape index (κ2) is 7.07. The minimum Gasteiger partial charge on any atom is -0.478 e. The van der Waals surface area contributed by atoms with Gasteiger partial charge in [0.1, 0.15) is 0 Å². The van der Waals surface area contributed by atoms with Crippen molar-refractivity contribution in [2.75, 3.05) is 0 Å². The number of hydrogen-bond acceptors (Lipinski definition) is 1. The molecule has 0 aliphatic heterocycles. The predicted octanol–water partition coefficient (Wildman–Crippen LogP) is 7.26. The fraction of sp³-hybridized carbons (Fsp3) is 0.500. The van der Waals surface area contributed by atoms with E-state index in [0.717, 1.165) is 6.42 Å². The van der Waals surface area contributed by atoms with Crippen molar-refractivity contribution in [2.45, 2.75) is 89.4 Å². The van der Waals surface area contributed by atoms with Crippen LogP contribution in [0.1, 0.15) is 98.0 Å². The molecule has 5 rings (SSSR count). The predicted molar refractivity (Wildman–Crippen MR) is 131 cm³/mol. The highest BCUT2D eigenvalue weighted by Crippen LogP contribution is 2.67. The highest BCUT2D eigenvalue weighted by atomic mass is 16.4. The van der Waals surface area contributed by atoms with E-state index in [1.165, 1.54) is 43.2 Å². The monoisotopic (exact) mass is 428 g/mol.